The van der Waals surface area contributed by atoms with Gasteiger partial charge in [0.25, 0.3) is 0 Å². The monoisotopic (exact) mass is 425 g/mol. The molecule has 0 saturated carbocycles. The highest BCUT2D eigenvalue weighted by Gasteiger charge is 2.18. The van der Waals surface area contributed by atoms with Crippen LogP contribution in [0, 0.1) is 0 Å². The summed E-state index contributed by atoms with van der Waals surface area (Å²) in [6.07, 6.45) is 1.46. The molecule has 1 amide bonds. The molecule has 0 bridgehead atoms. The van der Waals surface area contributed by atoms with Crippen LogP contribution in [-0.2, 0) is 0 Å². The third-order valence-electron chi connectivity index (χ3n) is 5.19. The highest BCUT2D eigenvalue weighted by molar-refractivity contribution is 5.99. The van der Waals surface area contributed by atoms with Gasteiger partial charge in [0.05, 0.1) is 13.2 Å². The van der Waals surface area contributed by atoms with E-state index in [1.54, 1.807) is 48.5 Å². The van der Waals surface area contributed by atoms with E-state index in [0.29, 0.717) is 30.2 Å². The van der Waals surface area contributed by atoms with Crippen molar-refractivity contribution in [1.29, 1.82) is 0 Å². The highest BCUT2D eigenvalue weighted by atomic mass is 16.6. The number of nitrogens with one attached hydrogen (secondary N) is 1. The molecule has 31 heavy (non-hydrogen) atoms. The molecule has 166 valence electrons. The van der Waals surface area contributed by atoms with Gasteiger partial charge >= 0.3 is 6.09 Å². The van der Waals surface area contributed by atoms with Gasteiger partial charge in [0.15, 0.2) is 5.78 Å². The summed E-state index contributed by atoms with van der Waals surface area (Å²) >= 11 is 0. The lowest BCUT2D eigenvalue weighted by molar-refractivity contribution is 0.0876. The topological polar surface area (TPSA) is 71.1 Å². The summed E-state index contributed by atoms with van der Waals surface area (Å²) in [5.74, 6) is 1.20. The van der Waals surface area contributed by atoms with Crippen molar-refractivity contribution in [3.8, 4) is 11.5 Å². The number of hydrogen-bond donors (Lipinski definition) is 1. The van der Waals surface area contributed by atoms with Gasteiger partial charge in [-0.15, -0.1) is 0 Å². The van der Waals surface area contributed by atoms with Gasteiger partial charge in [-0.2, -0.15) is 0 Å². The van der Waals surface area contributed by atoms with E-state index < -0.39 is 6.09 Å². The Morgan fingerprint density at radius 1 is 1.00 bits per heavy atom. The first-order valence-corrected chi connectivity index (χ1v) is 10.8. The average molecular weight is 426 g/mol. The van der Waals surface area contributed by atoms with Crippen molar-refractivity contribution in [2.45, 2.75) is 19.8 Å². The molecule has 0 aromatic heterocycles. The van der Waals surface area contributed by atoms with Gasteiger partial charge in [-0.3, -0.25) is 15.0 Å². The minimum atomic E-state index is -0.608. The number of carbonyl (C=O) groups is 2. The van der Waals surface area contributed by atoms with Crippen LogP contribution < -0.4 is 14.8 Å². The van der Waals surface area contributed by atoms with Crippen molar-refractivity contribution >= 4 is 17.6 Å². The van der Waals surface area contributed by atoms with Gasteiger partial charge < -0.3 is 14.4 Å². The van der Waals surface area contributed by atoms with Crippen LogP contribution in [-0.4, -0.2) is 68.1 Å². The number of piperazine rings is 1. The fourth-order valence-corrected chi connectivity index (χ4v) is 3.26. The van der Waals surface area contributed by atoms with E-state index in [1.807, 2.05) is 0 Å². The fraction of sp³-hybridized carbons (Fsp3) is 0.417. The van der Waals surface area contributed by atoms with Crippen molar-refractivity contribution < 1.29 is 19.1 Å². The number of carbonyl (C=O) groups excluding carboxylic acids is 2. The summed E-state index contributed by atoms with van der Waals surface area (Å²) < 4.78 is 10.9. The van der Waals surface area contributed by atoms with E-state index in [1.165, 1.54) is 0 Å². The Labute approximate surface area is 183 Å². The molecule has 1 fully saturated rings. The number of hydrogen-bond acceptors (Lipinski definition) is 6. The zero-order valence-corrected chi connectivity index (χ0v) is 18.3. The standard InChI is InChI=1S/C24H31N3O4/c1-3-4-16-30-21-8-10-22(11-9-21)31-24(29)25-20-7-5-6-19(17-20)23(28)18-27-14-12-26(2)13-15-27/h5-11,17H,3-4,12-16,18H2,1-2H3,(H,25,29). The minimum absolute atomic E-state index is 0.0419. The van der Waals surface area contributed by atoms with E-state index in [9.17, 15) is 9.59 Å². The van der Waals surface area contributed by atoms with Crippen molar-refractivity contribution in [2.75, 3.05) is 51.7 Å². The summed E-state index contributed by atoms with van der Waals surface area (Å²) in [7, 11) is 2.09. The third kappa shape index (κ3) is 7.38. The Hall–Kier alpha value is -2.90. The van der Waals surface area contributed by atoms with Crippen molar-refractivity contribution in [3.05, 3.63) is 54.1 Å². The van der Waals surface area contributed by atoms with Crippen LogP contribution in [0.15, 0.2) is 48.5 Å². The van der Waals surface area contributed by atoms with Gasteiger partial charge in [-0.05, 0) is 49.9 Å². The predicted molar refractivity (Wildman–Crippen MR) is 121 cm³/mol. The molecule has 7 heteroatoms. The van der Waals surface area contributed by atoms with Crippen molar-refractivity contribution in [2.24, 2.45) is 0 Å². The summed E-state index contributed by atoms with van der Waals surface area (Å²) in [6.45, 7) is 6.86. The number of nitrogens with zero attached hydrogens (tertiary/aromatic N) is 2. The minimum Gasteiger partial charge on any atom is -0.494 e. The number of ether oxygens (including phenoxy) is 2. The van der Waals surface area contributed by atoms with Crippen LogP contribution in [0.5, 0.6) is 11.5 Å². The third-order valence-corrected chi connectivity index (χ3v) is 5.19. The lowest BCUT2D eigenvalue weighted by Crippen LogP contribution is -2.46. The second-order valence-corrected chi connectivity index (χ2v) is 7.77. The van der Waals surface area contributed by atoms with E-state index >= 15 is 0 Å². The van der Waals surface area contributed by atoms with Gasteiger partial charge in [0.1, 0.15) is 11.5 Å². The lowest BCUT2D eigenvalue weighted by Gasteiger charge is -2.31. The number of unbranched alkanes of at least 4 members (excludes halogenated alkanes) is 1. The molecule has 2 aromatic rings. The number of amides is 1. The summed E-state index contributed by atoms with van der Waals surface area (Å²) in [5, 5.41) is 2.69. The Bertz CT molecular complexity index is 861. The normalized spacial score (nSPS) is 14.8. The molecule has 0 aliphatic carbocycles. The Morgan fingerprint density at radius 2 is 1.71 bits per heavy atom. The Morgan fingerprint density at radius 3 is 2.42 bits per heavy atom. The van der Waals surface area contributed by atoms with Gasteiger partial charge in [-0.1, -0.05) is 25.5 Å². The maximum atomic E-state index is 12.6. The zero-order chi connectivity index (χ0) is 22.1. The van der Waals surface area contributed by atoms with Crippen LogP contribution in [0.4, 0.5) is 10.5 Å². The first-order valence-electron chi connectivity index (χ1n) is 10.8. The largest absolute Gasteiger partial charge is 0.494 e. The number of Topliss-reactive ketones (excluding diaryl/α,β-unsaturated/α-hetero) is 1. The first kappa shape index (κ1) is 22.8. The molecule has 1 aliphatic heterocycles. The Kier molecular flexibility index (Phi) is 8.44. The fourth-order valence-electron chi connectivity index (χ4n) is 3.26. The summed E-state index contributed by atoms with van der Waals surface area (Å²) in [4.78, 5) is 29.3. The number of rotatable bonds is 9. The molecule has 1 saturated heterocycles. The number of ketones is 1. The maximum absolute atomic E-state index is 12.6. The number of anilines is 1. The van der Waals surface area contributed by atoms with Crippen molar-refractivity contribution in [3.63, 3.8) is 0 Å². The summed E-state index contributed by atoms with van der Waals surface area (Å²) in [6, 6.07) is 13.9. The van der Waals surface area contributed by atoms with Crippen LogP contribution in [0.2, 0.25) is 0 Å². The lowest BCUT2D eigenvalue weighted by atomic mass is 10.1. The van der Waals surface area contributed by atoms with Gasteiger partial charge in [-0.25, -0.2) is 4.79 Å². The van der Waals surface area contributed by atoms with E-state index in [-0.39, 0.29) is 5.78 Å². The van der Waals surface area contributed by atoms with E-state index in [0.717, 1.165) is 44.8 Å². The highest BCUT2D eigenvalue weighted by Crippen LogP contribution is 2.19. The maximum Gasteiger partial charge on any atom is 0.417 e. The molecular weight excluding hydrogens is 394 g/mol. The molecule has 0 unspecified atom stereocenters. The smallest absolute Gasteiger partial charge is 0.417 e. The van der Waals surface area contributed by atoms with Gasteiger partial charge in [0, 0.05) is 37.4 Å². The molecule has 1 N–H and O–H groups in total. The zero-order valence-electron chi connectivity index (χ0n) is 18.3. The SMILES string of the molecule is CCCCOc1ccc(OC(=O)Nc2cccc(C(=O)CN3CCN(C)CC3)c2)cc1. The van der Waals surface area contributed by atoms with Crippen LogP contribution in [0.1, 0.15) is 30.1 Å². The predicted octanol–water partition coefficient (Wildman–Crippen LogP) is 3.91. The molecule has 1 aliphatic rings. The van der Waals surface area contributed by atoms with Crippen molar-refractivity contribution in [1.82, 2.24) is 9.80 Å². The molecule has 1 heterocycles. The van der Waals surface area contributed by atoms with Gasteiger partial charge in [0.2, 0.25) is 0 Å². The van der Waals surface area contributed by atoms with E-state index in [2.05, 4.69) is 29.1 Å². The molecule has 7 nitrogen and oxygen atoms in total. The molecule has 2 aromatic carbocycles. The number of benzene rings is 2. The van der Waals surface area contributed by atoms with Crippen LogP contribution in [0.25, 0.3) is 0 Å². The molecule has 0 radical (unpaired) electrons. The second-order valence-electron chi connectivity index (χ2n) is 7.77. The molecule has 3 rings (SSSR count). The molecule has 0 spiro atoms. The second kappa shape index (κ2) is 11.5. The van der Waals surface area contributed by atoms with E-state index in [4.69, 9.17) is 9.47 Å². The van der Waals surface area contributed by atoms with Crippen LogP contribution >= 0.6 is 0 Å². The first-order chi connectivity index (χ1) is 15.0. The summed E-state index contributed by atoms with van der Waals surface area (Å²) in [5.41, 5.74) is 1.10. The molecular formula is C24H31N3O4. The van der Waals surface area contributed by atoms with Crippen LogP contribution in [0.3, 0.4) is 0 Å². The Balaban J connectivity index is 1.50. The quantitative estimate of drug-likeness (QED) is 0.485. The number of likely N-dealkylation sites (N-methyl/N-ethyl adjacent to an activating group) is 1. The molecule has 0 atom stereocenters. The average Bonchev–Trinajstić information content (AvgIpc) is 2.77.